The molecule has 2 aromatic carbocycles. The van der Waals surface area contributed by atoms with Gasteiger partial charge in [-0.15, -0.1) is 0 Å². The van der Waals surface area contributed by atoms with Crippen LogP contribution in [-0.4, -0.2) is 76.2 Å². The van der Waals surface area contributed by atoms with E-state index in [1.807, 2.05) is 24.3 Å². The summed E-state index contributed by atoms with van der Waals surface area (Å²) in [5.41, 5.74) is 4.43. The summed E-state index contributed by atoms with van der Waals surface area (Å²) in [6.45, 7) is 0. The number of hydrogen-bond acceptors (Lipinski definition) is 4. The minimum Gasteiger partial charge on any atom is -1.00 e. The Hall–Kier alpha value is -1.83. The molecule has 32 heavy (non-hydrogen) atoms. The van der Waals surface area contributed by atoms with Crippen LogP contribution in [0, 0.1) is 5.82 Å². The molecule has 164 valence electrons. The Morgan fingerprint density at radius 3 is 2.50 bits per heavy atom. The molecule has 0 radical (unpaired) electrons. The molecule has 7 heteroatoms. The largest absolute Gasteiger partial charge is 2.00 e. The van der Waals surface area contributed by atoms with Crippen LogP contribution in [0.5, 0.6) is 0 Å². The summed E-state index contributed by atoms with van der Waals surface area (Å²) in [7, 11) is 0. The molecule has 1 saturated carbocycles. The standard InChI is InChI=1S/C25H24FNO4.Ca.2H/c26-17-9-7-15(8-10-17)24-20-3-1-2-4-22(20)27-25(16-5-6-16)21(24)12-11-18(28)13-19(29)14-23(30)31;;;/h1-4,7-12,16,18-19,28-29H,5-6,13-14H2,(H,30,31);;;/q;+2;2*-1/b12-11+;;;. The number of carboxylic acids is 1. The first-order valence-electron chi connectivity index (χ1n) is 10.4. The molecule has 2 atom stereocenters. The minimum atomic E-state index is -1.13. The van der Waals surface area contributed by atoms with Crippen molar-refractivity contribution < 1.29 is 27.4 Å². The molecule has 1 heterocycles. The van der Waals surface area contributed by atoms with Gasteiger partial charge in [0.05, 0.1) is 29.8 Å². The molecule has 1 fully saturated rings. The number of pyridine rings is 1. The van der Waals surface area contributed by atoms with Crippen molar-refractivity contribution in [2.45, 2.75) is 43.8 Å². The van der Waals surface area contributed by atoms with E-state index in [-0.39, 0.29) is 52.8 Å². The number of aromatic nitrogens is 1. The second kappa shape index (κ2) is 10.9. The Morgan fingerprint density at radius 1 is 1.16 bits per heavy atom. The van der Waals surface area contributed by atoms with Crippen LogP contribution in [-0.2, 0) is 4.79 Å². The van der Waals surface area contributed by atoms with Gasteiger partial charge in [-0.3, -0.25) is 9.78 Å². The summed E-state index contributed by atoms with van der Waals surface area (Å²) >= 11 is 0. The van der Waals surface area contributed by atoms with Crippen LogP contribution in [0.1, 0.15) is 45.7 Å². The zero-order valence-corrected chi connectivity index (χ0v) is 19.8. The molecule has 1 aromatic heterocycles. The number of hydrogen-bond donors (Lipinski definition) is 3. The van der Waals surface area contributed by atoms with Crippen LogP contribution in [0.15, 0.2) is 54.6 Å². The van der Waals surface area contributed by atoms with Gasteiger partial charge in [-0.2, -0.15) is 0 Å². The van der Waals surface area contributed by atoms with Gasteiger partial charge in [0, 0.05) is 28.9 Å². The first kappa shape index (κ1) is 24.8. The van der Waals surface area contributed by atoms with Crippen molar-refractivity contribution >= 4 is 60.7 Å². The van der Waals surface area contributed by atoms with Crippen LogP contribution >= 0.6 is 0 Å². The molecule has 2 unspecified atom stereocenters. The average molecular weight is 464 g/mol. The molecule has 0 amide bonds. The van der Waals surface area contributed by atoms with Crippen molar-refractivity contribution in [1.82, 2.24) is 4.98 Å². The molecule has 3 N–H and O–H groups in total. The van der Waals surface area contributed by atoms with Gasteiger partial charge in [0.15, 0.2) is 0 Å². The van der Waals surface area contributed by atoms with E-state index in [0.717, 1.165) is 46.1 Å². The fraction of sp³-hybridized carbons (Fsp3) is 0.280. The van der Waals surface area contributed by atoms with Gasteiger partial charge in [-0.05, 0) is 36.6 Å². The first-order chi connectivity index (χ1) is 14.9. The molecule has 0 bridgehead atoms. The van der Waals surface area contributed by atoms with Crippen molar-refractivity contribution in [3.63, 3.8) is 0 Å². The molecule has 0 saturated heterocycles. The summed E-state index contributed by atoms with van der Waals surface area (Å²) < 4.78 is 13.6. The zero-order valence-electron chi connectivity index (χ0n) is 19.6. The summed E-state index contributed by atoms with van der Waals surface area (Å²) in [5, 5.41) is 29.9. The normalized spacial score (nSPS) is 15.5. The van der Waals surface area contributed by atoms with Gasteiger partial charge in [0.25, 0.3) is 0 Å². The quantitative estimate of drug-likeness (QED) is 0.432. The van der Waals surface area contributed by atoms with E-state index in [1.54, 1.807) is 24.3 Å². The number of aliphatic hydroxyl groups is 2. The third-order valence-corrected chi connectivity index (χ3v) is 5.47. The number of benzene rings is 2. The van der Waals surface area contributed by atoms with E-state index in [9.17, 15) is 19.4 Å². The van der Waals surface area contributed by atoms with E-state index in [0.29, 0.717) is 5.92 Å². The fourth-order valence-corrected chi connectivity index (χ4v) is 3.86. The molecular formula is C25H26CaFNO4. The van der Waals surface area contributed by atoms with Gasteiger partial charge in [0.2, 0.25) is 0 Å². The Morgan fingerprint density at radius 2 is 1.84 bits per heavy atom. The fourth-order valence-electron chi connectivity index (χ4n) is 3.86. The molecule has 4 rings (SSSR count). The average Bonchev–Trinajstić information content (AvgIpc) is 3.56. The number of aliphatic carboxylic acids is 1. The molecule has 0 spiro atoms. The number of para-hydroxylation sites is 1. The van der Waals surface area contributed by atoms with E-state index >= 15 is 0 Å². The van der Waals surface area contributed by atoms with Gasteiger partial charge in [0.1, 0.15) is 5.82 Å². The van der Waals surface area contributed by atoms with Crippen molar-refractivity contribution in [2.24, 2.45) is 0 Å². The van der Waals surface area contributed by atoms with Crippen molar-refractivity contribution in [1.29, 1.82) is 0 Å². The predicted octanol–water partition coefficient (Wildman–Crippen LogP) is 4.36. The van der Waals surface area contributed by atoms with Crippen LogP contribution < -0.4 is 0 Å². The topological polar surface area (TPSA) is 90.7 Å². The summed E-state index contributed by atoms with van der Waals surface area (Å²) in [4.78, 5) is 15.6. The number of aliphatic hydroxyl groups excluding tert-OH is 2. The van der Waals surface area contributed by atoms with Crippen LogP contribution in [0.2, 0.25) is 0 Å². The number of nitrogens with zero attached hydrogens (tertiary/aromatic N) is 1. The third-order valence-electron chi connectivity index (χ3n) is 5.47. The predicted molar refractivity (Wildman–Crippen MR) is 125 cm³/mol. The summed E-state index contributed by atoms with van der Waals surface area (Å²) in [5.74, 6) is -1.10. The maximum Gasteiger partial charge on any atom is 2.00 e. The Bertz CT molecular complexity index is 1140. The van der Waals surface area contributed by atoms with E-state index < -0.39 is 24.6 Å². The van der Waals surface area contributed by atoms with Gasteiger partial charge in [-0.1, -0.05) is 42.5 Å². The van der Waals surface area contributed by atoms with Gasteiger partial charge >= 0.3 is 43.7 Å². The Kier molecular flexibility index (Phi) is 8.42. The first-order valence-corrected chi connectivity index (χ1v) is 10.4. The maximum absolute atomic E-state index is 13.6. The molecule has 0 aliphatic heterocycles. The Balaban J connectivity index is 0.00000193. The van der Waals surface area contributed by atoms with Gasteiger partial charge in [-0.25, -0.2) is 4.39 Å². The van der Waals surface area contributed by atoms with Crippen LogP contribution in [0.25, 0.3) is 28.1 Å². The van der Waals surface area contributed by atoms with E-state index in [1.165, 1.54) is 12.1 Å². The van der Waals surface area contributed by atoms with Crippen LogP contribution in [0.3, 0.4) is 0 Å². The molecular weight excluding hydrogens is 437 g/mol. The smallest absolute Gasteiger partial charge is 1.00 e. The van der Waals surface area contributed by atoms with Crippen molar-refractivity contribution in [2.75, 3.05) is 0 Å². The van der Waals surface area contributed by atoms with Crippen molar-refractivity contribution in [3.8, 4) is 11.1 Å². The number of halogens is 1. The second-order valence-electron chi connectivity index (χ2n) is 8.00. The number of fused-ring (bicyclic) bond motifs is 1. The van der Waals surface area contributed by atoms with E-state index in [4.69, 9.17) is 10.1 Å². The minimum absolute atomic E-state index is 0. The number of carboxylic acid groups (broad SMARTS) is 1. The Labute approximate surface area is 218 Å². The second-order valence-corrected chi connectivity index (χ2v) is 8.00. The molecule has 5 nitrogen and oxygen atoms in total. The number of rotatable bonds is 8. The maximum atomic E-state index is 13.6. The molecule has 1 aliphatic rings. The SMILES string of the molecule is O=C(O)CC(O)CC(O)/C=C/c1c(C2CC2)nc2ccccc2c1-c1ccc(F)cc1.[Ca+2].[H-].[H-]. The summed E-state index contributed by atoms with van der Waals surface area (Å²) in [6.07, 6.45) is 2.80. The van der Waals surface area contributed by atoms with E-state index in [2.05, 4.69) is 0 Å². The summed E-state index contributed by atoms with van der Waals surface area (Å²) in [6, 6.07) is 14.1. The molecule has 1 aliphatic carbocycles. The van der Waals surface area contributed by atoms with Crippen LogP contribution in [0.4, 0.5) is 4.39 Å². The zero-order chi connectivity index (χ0) is 22.0. The van der Waals surface area contributed by atoms with Crippen molar-refractivity contribution in [3.05, 3.63) is 71.7 Å². The third kappa shape index (κ3) is 5.94. The number of carbonyl (C=O) groups is 1. The monoisotopic (exact) mass is 463 g/mol. The van der Waals surface area contributed by atoms with Gasteiger partial charge < -0.3 is 18.2 Å². The molecule has 3 aromatic rings.